The van der Waals surface area contributed by atoms with Gasteiger partial charge in [-0.3, -0.25) is 9.78 Å². The smallest absolute Gasteiger partial charge is 0.287 e. The fraction of sp³-hybridized carbons (Fsp3) is 0.176. The first kappa shape index (κ1) is 14.6. The maximum Gasteiger partial charge on any atom is 0.287 e. The number of hydrogen-bond donors (Lipinski definition) is 1. The fourth-order valence-corrected chi connectivity index (χ4v) is 2.51. The third kappa shape index (κ3) is 2.97. The molecule has 4 nitrogen and oxygen atoms in total. The van der Waals surface area contributed by atoms with Crippen molar-refractivity contribution in [2.24, 2.45) is 0 Å². The third-order valence-electron chi connectivity index (χ3n) is 3.50. The van der Waals surface area contributed by atoms with Crippen molar-refractivity contribution < 1.29 is 9.21 Å². The lowest BCUT2D eigenvalue weighted by Gasteiger charge is -2.03. The lowest BCUT2D eigenvalue weighted by Crippen LogP contribution is -2.26. The molecule has 0 saturated heterocycles. The molecule has 0 fully saturated rings. The zero-order chi connectivity index (χ0) is 15.5. The second-order valence-electron chi connectivity index (χ2n) is 5.02. The van der Waals surface area contributed by atoms with Gasteiger partial charge in [0.2, 0.25) is 0 Å². The number of amides is 1. The van der Waals surface area contributed by atoms with Crippen LogP contribution in [0.2, 0.25) is 5.02 Å². The fourth-order valence-electron chi connectivity index (χ4n) is 2.34. The van der Waals surface area contributed by atoms with Crippen LogP contribution in [0.3, 0.4) is 0 Å². The average molecular weight is 315 g/mol. The second kappa shape index (κ2) is 6.20. The molecule has 1 N–H and O–H groups in total. The summed E-state index contributed by atoms with van der Waals surface area (Å²) in [5.41, 5.74) is 2.40. The molecule has 5 heteroatoms. The Labute approximate surface area is 133 Å². The first-order chi connectivity index (χ1) is 10.6. The third-order valence-corrected chi connectivity index (χ3v) is 3.73. The summed E-state index contributed by atoms with van der Waals surface area (Å²) >= 11 is 5.98. The molecule has 1 amide bonds. The molecule has 0 aliphatic rings. The number of nitrogens with zero attached hydrogens (tertiary/aromatic N) is 1. The van der Waals surface area contributed by atoms with E-state index in [0.717, 1.165) is 16.6 Å². The molecule has 0 unspecified atom stereocenters. The lowest BCUT2D eigenvalue weighted by atomic mass is 10.1. The van der Waals surface area contributed by atoms with Gasteiger partial charge in [0.15, 0.2) is 5.76 Å². The number of pyridine rings is 1. The molecule has 0 atom stereocenters. The molecule has 0 saturated carbocycles. The summed E-state index contributed by atoms with van der Waals surface area (Å²) in [6.45, 7) is 2.36. The molecule has 0 radical (unpaired) electrons. The number of benzene rings is 1. The number of hydrogen-bond acceptors (Lipinski definition) is 3. The van der Waals surface area contributed by atoms with E-state index in [2.05, 4.69) is 10.3 Å². The Morgan fingerprint density at radius 3 is 2.95 bits per heavy atom. The molecule has 112 valence electrons. The van der Waals surface area contributed by atoms with Crippen LogP contribution in [-0.4, -0.2) is 17.4 Å². The number of carbonyl (C=O) groups excluding carboxylic acids is 1. The predicted octanol–water partition coefficient (Wildman–Crippen LogP) is 3.76. The molecule has 22 heavy (non-hydrogen) atoms. The van der Waals surface area contributed by atoms with Gasteiger partial charge in [-0.1, -0.05) is 17.7 Å². The van der Waals surface area contributed by atoms with Crippen molar-refractivity contribution in [3.8, 4) is 0 Å². The highest BCUT2D eigenvalue weighted by atomic mass is 35.5. The van der Waals surface area contributed by atoms with Crippen LogP contribution in [0, 0.1) is 6.92 Å². The van der Waals surface area contributed by atoms with Gasteiger partial charge in [0.1, 0.15) is 5.58 Å². The number of aryl methyl sites for hydroxylation is 1. The number of furan rings is 1. The van der Waals surface area contributed by atoms with E-state index in [1.807, 2.05) is 25.1 Å². The molecule has 0 aliphatic carbocycles. The van der Waals surface area contributed by atoms with E-state index >= 15 is 0 Å². The van der Waals surface area contributed by atoms with Gasteiger partial charge >= 0.3 is 0 Å². The van der Waals surface area contributed by atoms with Gasteiger partial charge in [0, 0.05) is 40.8 Å². The maximum absolute atomic E-state index is 12.3. The normalized spacial score (nSPS) is 10.8. The molecular formula is C17H15ClN2O2. The Hall–Kier alpha value is -2.33. The highest BCUT2D eigenvalue weighted by Gasteiger charge is 2.17. The van der Waals surface area contributed by atoms with Crippen LogP contribution in [0.25, 0.3) is 11.0 Å². The van der Waals surface area contributed by atoms with Crippen molar-refractivity contribution in [3.05, 3.63) is 64.6 Å². The average Bonchev–Trinajstić information content (AvgIpc) is 2.85. The van der Waals surface area contributed by atoms with Crippen LogP contribution in [0.1, 0.15) is 21.8 Å². The van der Waals surface area contributed by atoms with Crippen LogP contribution >= 0.6 is 11.6 Å². The summed E-state index contributed by atoms with van der Waals surface area (Å²) in [6.07, 6.45) is 2.42. The van der Waals surface area contributed by atoms with Gasteiger partial charge in [-0.05, 0) is 37.3 Å². The Bertz CT molecular complexity index is 812. The van der Waals surface area contributed by atoms with E-state index in [9.17, 15) is 4.79 Å². The van der Waals surface area contributed by atoms with Crippen molar-refractivity contribution in [1.29, 1.82) is 0 Å². The van der Waals surface area contributed by atoms with Crippen LogP contribution in [-0.2, 0) is 6.42 Å². The van der Waals surface area contributed by atoms with Crippen molar-refractivity contribution in [3.63, 3.8) is 0 Å². The molecule has 2 heterocycles. The van der Waals surface area contributed by atoms with Gasteiger partial charge in [-0.25, -0.2) is 0 Å². The van der Waals surface area contributed by atoms with E-state index in [-0.39, 0.29) is 5.91 Å². The SMILES string of the molecule is Cc1c(C(=O)NCCc2ccccn2)oc2ccc(Cl)cc12. The molecule has 1 aromatic carbocycles. The Morgan fingerprint density at radius 1 is 1.32 bits per heavy atom. The highest BCUT2D eigenvalue weighted by molar-refractivity contribution is 6.31. The topological polar surface area (TPSA) is 55.1 Å². The van der Waals surface area contributed by atoms with Gasteiger partial charge in [0.05, 0.1) is 0 Å². The summed E-state index contributed by atoms with van der Waals surface area (Å²) in [7, 11) is 0. The van der Waals surface area contributed by atoms with Gasteiger partial charge in [0.25, 0.3) is 5.91 Å². The lowest BCUT2D eigenvalue weighted by molar-refractivity contribution is 0.0927. The molecule has 0 spiro atoms. The quantitative estimate of drug-likeness (QED) is 0.797. The minimum atomic E-state index is -0.222. The second-order valence-corrected chi connectivity index (χ2v) is 5.46. The zero-order valence-corrected chi connectivity index (χ0v) is 12.9. The maximum atomic E-state index is 12.3. The van der Waals surface area contributed by atoms with E-state index in [1.54, 1.807) is 24.4 Å². The molecule has 0 bridgehead atoms. The molecule has 0 aliphatic heterocycles. The minimum absolute atomic E-state index is 0.222. The largest absolute Gasteiger partial charge is 0.451 e. The monoisotopic (exact) mass is 314 g/mol. The number of aromatic nitrogens is 1. The number of carbonyl (C=O) groups is 1. The van der Waals surface area contributed by atoms with E-state index in [1.165, 1.54) is 0 Å². The highest BCUT2D eigenvalue weighted by Crippen LogP contribution is 2.27. The van der Waals surface area contributed by atoms with Crippen molar-refractivity contribution >= 4 is 28.5 Å². The van der Waals surface area contributed by atoms with Crippen LogP contribution in [0.15, 0.2) is 47.0 Å². The molecule has 3 rings (SSSR count). The van der Waals surface area contributed by atoms with Crippen LogP contribution in [0.5, 0.6) is 0 Å². The first-order valence-corrected chi connectivity index (χ1v) is 7.39. The van der Waals surface area contributed by atoms with Crippen molar-refractivity contribution in [1.82, 2.24) is 10.3 Å². The first-order valence-electron chi connectivity index (χ1n) is 7.02. The van der Waals surface area contributed by atoms with Gasteiger partial charge in [-0.15, -0.1) is 0 Å². The van der Waals surface area contributed by atoms with Crippen molar-refractivity contribution in [2.45, 2.75) is 13.3 Å². The summed E-state index contributed by atoms with van der Waals surface area (Å²) in [4.78, 5) is 16.5. The molecule has 2 aromatic heterocycles. The number of rotatable bonds is 4. The predicted molar refractivity (Wildman–Crippen MR) is 86.2 cm³/mol. The summed E-state index contributed by atoms with van der Waals surface area (Å²) in [6, 6.07) is 11.0. The summed E-state index contributed by atoms with van der Waals surface area (Å²) in [5.74, 6) is 0.110. The summed E-state index contributed by atoms with van der Waals surface area (Å²) < 4.78 is 5.63. The Morgan fingerprint density at radius 2 is 2.18 bits per heavy atom. The Kier molecular flexibility index (Phi) is 4.11. The van der Waals surface area contributed by atoms with Gasteiger partial charge in [-0.2, -0.15) is 0 Å². The standard InChI is InChI=1S/C17H15ClN2O2/c1-11-14-10-12(18)5-6-15(14)22-16(11)17(21)20-9-7-13-4-2-3-8-19-13/h2-6,8,10H,7,9H2,1H3,(H,20,21). The summed E-state index contributed by atoms with van der Waals surface area (Å²) in [5, 5.41) is 4.35. The molecular weight excluding hydrogens is 300 g/mol. The van der Waals surface area contributed by atoms with Crippen LogP contribution in [0.4, 0.5) is 0 Å². The van der Waals surface area contributed by atoms with E-state index in [0.29, 0.717) is 29.3 Å². The Balaban J connectivity index is 1.71. The zero-order valence-electron chi connectivity index (χ0n) is 12.1. The van der Waals surface area contributed by atoms with E-state index < -0.39 is 0 Å². The minimum Gasteiger partial charge on any atom is -0.451 e. The number of fused-ring (bicyclic) bond motifs is 1. The number of halogens is 1. The van der Waals surface area contributed by atoms with E-state index in [4.69, 9.17) is 16.0 Å². The molecule has 3 aromatic rings. The van der Waals surface area contributed by atoms with Crippen LogP contribution < -0.4 is 5.32 Å². The van der Waals surface area contributed by atoms with Gasteiger partial charge < -0.3 is 9.73 Å². The van der Waals surface area contributed by atoms with Crippen molar-refractivity contribution in [2.75, 3.05) is 6.54 Å². The number of nitrogens with one attached hydrogen (secondary N) is 1.